The van der Waals surface area contributed by atoms with Crippen molar-refractivity contribution in [3.05, 3.63) is 12.2 Å². The lowest BCUT2D eigenvalue weighted by Crippen LogP contribution is -2.27. The summed E-state index contributed by atoms with van der Waals surface area (Å²) in [5.74, 6) is 0.865. The molecule has 0 unspecified atom stereocenters. The van der Waals surface area contributed by atoms with E-state index in [1.165, 1.54) is 32.1 Å². The normalized spacial score (nSPS) is 32.2. The Kier molecular flexibility index (Phi) is 2.83. The summed E-state index contributed by atoms with van der Waals surface area (Å²) >= 11 is 0. The van der Waals surface area contributed by atoms with Crippen LogP contribution in [0.2, 0.25) is 0 Å². The predicted molar refractivity (Wildman–Crippen MR) is 50.1 cm³/mol. The van der Waals surface area contributed by atoms with Crippen LogP contribution in [0.1, 0.15) is 38.5 Å². The van der Waals surface area contributed by atoms with Crippen molar-refractivity contribution < 1.29 is 4.74 Å². The monoisotopic (exact) mass is 166 g/mol. The van der Waals surface area contributed by atoms with E-state index in [9.17, 15) is 0 Å². The molecule has 0 N–H and O–H groups in total. The highest BCUT2D eigenvalue weighted by Gasteiger charge is 2.23. The molecule has 0 saturated heterocycles. The van der Waals surface area contributed by atoms with Crippen molar-refractivity contribution in [2.24, 2.45) is 5.92 Å². The molecule has 68 valence electrons. The van der Waals surface area contributed by atoms with Crippen molar-refractivity contribution in [1.29, 1.82) is 0 Å². The quantitative estimate of drug-likeness (QED) is 0.544. The highest BCUT2D eigenvalue weighted by molar-refractivity contribution is 4.91. The van der Waals surface area contributed by atoms with Gasteiger partial charge in [-0.2, -0.15) is 0 Å². The molecular weight excluding hydrogens is 148 g/mol. The van der Waals surface area contributed by atoms with Crippen molar-refractivity contribution in [2.75, 3.05) is 6.61 Å². The zero-order valence-corrected chi connectivity index (χ0v) is 7.67. The van der Waals surface area contributed by atoms with Crippen LogP contribution >= 0.6 is 0 Å². The number of ether oxygens (including phenoxy) is 1. The highest BCUT2D eigenvalue weighted by Crippen LogP contribution is 2.30. The Morgan fingerprint density at radius 2 is 1.83 bits per heavy atom. The molecule has 0 aromatic heterocycles. The van der Waals surface area contributed by atoms with Crippen molar-refractivity contribution >= 4 is 0 Å². The molecule has 12 heavy (non-hydrogen) atoms. The molecule has 1 aliphatic heterocycles. The maximum Gasteiger partial charge on any atom is 0.0651 e. The second kappa shape index (κ2) is 4.08. The van der Waals surface area contributed by atoms with Gasteiger partial charge in [-0.25, -0.2) is 0 Å². The maximum absolute atomic E-state index is 5.73. The van der Waals surface area contributed by atoms with E-state index in [0.717, 1.165) is 18.9 Å². The van der Waals surface area contributed by atoms with Crippen molar-refractivity contribution in [3.8, 4) is 0 Å². The second-order valence-electron chi connectivity index (χ2n) is 3.98. The molecule has 0 spiro atoms. The van der Waals surface area contributed by atoms with E-state index in [1.54, 1.807) is 0 Å². The van der Waals surface area contributed by atoms with Crippen LogP contribution in [0.5, 0.6) is 0 Å². The molecule has 2 rings (SSSR count). The summed E-state index contributed by atoms with van der Waals surface area (Å²) in [5.41, 5.74) is 0. The van der Waals surface area contributed by atoms with Crippen molar-refractivity contribution in [2.45, 2.75) is 44.6 Å². The summed E-state index contributed by atoms with van der Waals surface area (Å²) in [6, 6.07) is 0. The molecule has 1 atom stereocenters. The summed E-state index contributed by atoms with van der Waals surface area (Å²) in [6.45, 7) is 0.848. The minimum absolute atomic E-state index is 0.551. The van der Waals surface area contributed by atoms with Crippen LogP contribution in [-0.4, -0.2) is 12.7 Å². The van der Waals surface area contributed by atoms with Gasteiger partial charge in [-0.3, -0.25) is 0 Å². The fourth-order valence-electron chi connectivity index (χ4n) is 2.38. The fourth-order valence-corrected chi connectivity index (χ4v) is 2.38. The minimum atomic E-state index is 0.551. The summed E-state index contributed by atoms with van der Waals surface area (Å²) in [6.07, 6.45) is 13.2. The first-order valence-corrected chi connectivity index (χ1v) is 5.23. The lowest BCUT2D eigenvalue weighted by atomic mass is 9.83. The zero-order valence-electron chi connectivity index (χ0n) is 7.67. The van der Waals surface area contributed by atoms with Gasteiger partial charge in [0.2, 0.25) is 0 Å². The van der Waals surface area contributed by atoms with Crippen molar-refractivity contribution in [1.82, 2.24) is 0 Å². The van der Waals surface area contributed by atoms with Crippen molar-refractivity contribution in [3.63, 3.8) is 0 Å². The third kappa shape index (κ3) is 1.89. The van der Waals surface area contributed by atoms with Crippen LogP contribution in [-0.2, 0) is 4.74 Å². The molecule has 1 fully saturated rings. The summed E-state index contributed by atoms with van der Waals surface area (Å²) in [5, 5.41) is 0. The molecule has 1 heteroatoms. The van der Waals surface area contributed by atoms with E-state index >= 15 is 0 Å². The Hall–Kier alpha value is -0.300. The van der Waals surface area contributed by atoms with Crippen LogP contribution in [0.3, 0.4) is 0 Å². The van der Waals surface area contributed by atoms with Gasteiger partial charge < -0.3 is 4.74 Å². The Bertz CT molecular complexity index is 156. The molecule has 2 aliphatic rings. The average Bonchev–Trinajstić information content (AvgIpc) is 2.21. The SMILES string of the molecule is C1=CC[C@H](C2CCCCC2)OC1. The van der Waals surface area contributed by atoms with E-state index in [1.807, 2.05) is 0 Å². The predicted octanol–water partition coefficient (Wildman–Crippen LogP) is 2.91. The van der Waals surface area contributed by atoms with Crippen LogP contribution < -0.4 is 0 Å². The molecule has 0 aromatic rings. The van der Waals surface area contributed by atoms with Gasteiger partial charge in [0.25, 0.3) is 0 Å². The van der Waals surface area contributed by atoms with E-state index in [0.29, 0.717) is 6.10 Å². The lowest BCUT2D eigenvalue weighted by molar-refractivity contribution is 0.0110. The molecule has 0 aromatic carbocycles. The van der Waals surface area contributed by atoms with Crippen LogP contribution in [0.25, 0.3) is 0 Å². The summed E-state index contributed by atoms with van der Waals surface area (Å²) in [7, 11) is 0. The van der Waals surface area contributed by atoms with Gasteiger partial charge in [-0.1, -0.05) is 31.4 Å². The number of rotatable bonds is 1. The molecule has 0 radical (unpaired) electrons. The van der Waals surface area contributed by atoms with Gasteiger partial charge in [0.05, 0.1) is 12.7 Å². The molecule has 1 aliphatic carbocycles. The number of hydrogen-bond acceptors (Lipinski definition) is 1. The zero-order chi connectivity index (χ0) is 8.23. The summed E-state index contributed by atoms with van der Waals surface area (Å²) in [4.78, 5) is 0. The van der Waals surface area contributed by atoms with Gasteiger partial charge in [0.1, 0.15) is 0 Å². The standard InChI is InChI=1S/C11H18O/c1-2-6-10(7-3-1)11-8-4-5-9-12-11/h4-5,10-11H,1-3,6-9H2/t11-/m1/s1. The molecule has 0 bridgehead atoms. The van der Waals surface area contributed by atoms with Crippen LogP contribution in [0, 0.1) is 5.92 Å². The van der Waals surface area contributed by atoms with Gasteiger partial charge in [-0.15, -0.1) is 0 Å². The first-order valence-electron chi connectivity index (χ1n) is 5.23. The Balaban J connectivity index is 1.85. The number of hydrogen-bond donors (Lipinski definition) is 0. The molecule has 1 nitrogen and oxygen atoms in total. The molecule has 1 saturated carbocycles. The van der Waals surface area contributed by atoms with Gasteiger partial charge in [-0.05, 0) is 25.2 Å². The van der Waals surface area contributed by atoms with Crippen LogP contribution in [0.15, 0.2) is 12.2 Å². The topological polar surface area (TPSA) is 9.23 Å². The first kappa shape index (κ1) is 8.31. The Labute approximate surface area is 74.8 Å². The maximum atomic E-state index is 5.73. The largest absolute Gasteiger partial charge is 0.374 e. The van der Waals surface area contributed by atoms with Crippen LogP contribution in [0.4, 0.5) is 0 Å². The highest BCUT2D eigenvalue weighted by atomic mass is 16.5. The third-order valence-corrected chi connectivity index (χ3v) is 3.12. The molecular formula is C11H18O. The van der Waals surface area contributed by atoms with E-state index in [4.69, 9.17) is 4.74 Å². The molecule has 0 amide bonds. The van der Waals surface area contributed by atoms with E-state index in [2.05, 4.69) is 12.2 Å². The lowest BCUT2D eigenvalue weighted by Gasteiger charge is -2.30. The second-order valence-corrected chi connectivity index (χ2v) is 3.98. The third-order valence-electron chi connectivity index (χ3n) is 3.12. The fraction of sp³-hybridized carbons (Fsp3) is 0.818. The Morgan fingerprint density at radius 1 is 1.00 bits per heavy atom. The smallest absolute Gasteiger partial charge is 0.0651 e. The Morgan fingerprint density at radius 3 is 2.50 bits per heavy atom. The average molecular weight is 166 g/mol. The van der Waals surface area contributed by atoms with Gasteiger partial charge in [0.15, 0.2) is 0 Å². The first-order chi connectivity index (χ1) is 5.97. The minimum Gasteiger partial charge on any atom is -0.374 e. The van der Waals surface area contributed by atoms with E-state index in [-0.39, 0.29) is 0 Å². The van der Waals surface area contributed by atoms with Gasteiger partial charge in [0, 0.05) is 0 Å². The summed E-state index contributed by atoms with van der Waals surface area (Å²) < 4.78 is 5.73. The van der Waals surface area contributed by atoms with Gasteiger partial charge >= 0.3 is 0 Å². The molecule has 1 heterocycles. The van der Waals surface area contributed by atoms with E-state index < -0.39 is 0 Å².